The first-order chi connectivity index (χ1) is 9.51. The summed E-state index contributed by atoms with van der Waals surface area (Å²) < 4.78 is 6.36. The van der Waals surface area contributed by atoms with Crippen LogP contribution in [-0.4, -0.2) is 4.92 Å². The molecule has 0 aromatic heterocycles. The highest BCUT2D eigenvalue weighted by Crippen LogP contribution is 2.35. The van der Waals surface area contributed by atoms with Crippen molar-refractivity contribution in [2.45, 2.75) is 6.54 Å². The van der Waals surface area contributed by atoms with Gasteiger partial charge < -0.3 is 10.5 Å². The van der Waals surface area contributed by atoms with Crippen LogP contribution in [0.2, 0.25) is 5.02 Å². The van der Waals surface area contributed by atoms with E-state index in [1.54, 1.807) is 6.07 Å². The zero-order valence-corrected chi connectivity index (χ0v) is 12.5. The molecule has 0 bridgehead atoms. The van der Waals surface area contributed by atoms with E-state index in [0.29, 0.717) is 18.0 Å². The number of hydrogen-bond donors (Lipinski definition) is 1. The van der Waals surface area contributed by atoms with Gasteiger partial charge in [-0.1, -0.05) is 17.7 Å². The van der Waals surface area contributed by atoms with Gasteiger partial charge in [0.15, 0.2) is 0 Å². The van der Waals surface area contributed by atoms with Crippen molar-refractivity contribution >= 4 is 33.2 Å². The molecule has 20 heavy (non-hydrogen) atoms. The van der Waals surface area contributed by atoms with E-state index in [-0.39, 0.29) is 10.7 Å². The van der Waals surface area contributed by atoms with Crippen LogP contribution >= 0.6 is 27.5 Å². The monoisotopic (exact) mass is 356 g/mol. The Kier molecular flexibility index (Phi) is 4.59. The third kappa shape index (κ3) is 3.27. The lowest BCUT2D eigenvalue weighted by molar-refractivity contribution is -0.384. The van der Waals surface area contributed by atoms with Crippen molar-refractivity contribution < 1.29 is 9.66 Å². The molecule has 0 unspecified atom stereocenters. The normalized spacial score (nSPS) is 10.3. The molecule has 2 rings (SSSR count). The van der Waals surface area contributed by atoms with Crippen LogP contribution in [0.5, 0.6) is 11.5 Å². The van der Waals surface area contributed by atoms with Crippen molar-refractivity contribution in [1.29, 1.82) is 0 Å². The van der Waals surface area contributed by atoms with Crippen LogP contribution in [-0.2, 0) is 6.54 Å². The summed E-state index contributed by atoms with van der Waals surface area (Å²) in [5, 5.41) is 10.8. The van der Waals surface area contributed by atoms with Crippen molar-refractivity contribution in [1.82, 2.24) is 0 Å². The fourth-order valence-corrected chi connectivity index (χ4v) is 2.28. The number of ether oxygens (including phenoxy) is 1. The molecule has 0 spiro atoms. The largest absolute Gasteiger partial charge is 0.455 e. The molecule has 2 aromatic rings. The van der Waals surface area contributed by atoms with Crippen molar-refractivity contribution in [3.8, 4) is 11.5 Å². The highest BCUT2D eigenvalue weighted by molar-refractivity contribution is 9.10. The van der Waals surface area contributed by atoms with E-state index in [1.807, 2.05) is 12.1 Å². The van der Waals surface area contributed by atoms with Crippen LogP contribution in [0, 0.1) is 10.1 Å². The Hall–Kier alpha value is -1.63. The van der Waals surface area contributed by atoms with Crippen LogP contribution in [0.3, 0.4) is 0 Å². The van der Waals surface area contributed by atoms with Crippen molar-refractivity contribution in [2.24, 2.45) is 5.73 Å². The number of halogens is 2. The molecule has 0 aliphatic carbocycles. The first-order valence-electron chi connectivity index (χ1n) is 5.61. The summed E-state index contributed by atoms with van der Waals surface area (Å²) >= 11 is 9.35. The molecule has 0 aliphatic heterocycles. The molecule has 0 fully saturated rings. The maximum atomic E-state index is 10.6. The number of nitrogens with zero attached hydrogens (tertiary/aromatic N) is 1. The highest BCUT2D eigenvalue weighted by atomic mass is 79.9. The second-order valence-corrected chi connectivity index (χ2v) is 5.20. The van der Waals surface area contributed by atoms with Crippen LogP contribution < -0.4 is 10.5 Å². The maximum Gasteiger partial charge on any atom is 0.271 e. The van der Waals surface area contributed by atoms with Gasteiger partial charge in [-0.05, 0) is 39.7 Å². The van der Waals surface area contributed by atoms with E-state index in [2.05, 4.69) is 15.9 Å². The van der Waals surface area contributed by atoms with Crippen LogP contribution in [0.15, 0.2) is 40.9 Å². The van der Waals surface area contributed by atoms with Crippen molar-refractivity contribution in [2.75, 3.05) is 0 Å². The summed E-state index contributed by atoms with van der Waals surface area (Å²) in [6, 6.07) is 9.48. The Morgan fingerprint density at radius 3 is 2.50 bits per heavy atom. The second kappa shape index (κ2) is 6.21. The first kappa shape index (κ1) is 14.8. The van der Waals surface area contributed by atoms with Gasteiger partial charge in [-0.2, -0.15) is 0 Å². The highest BCUT2D eigenvalue weighted by Gasteiger charge is 2.12. The molecule has 2 N–H and O–H groups in total. The van der Waals surface area contributed by atoms with Crippen LogP contribution in [0.25, 0.3) is 0 Å². The minimum absolute atomic E-state index is 0.0834. The summed E-state index contributed by atoms with van der Waals surface area (Å²) in [4.78, 5) is 10.1. The lowest BCUT2D eigenvalue weighted by Crippen LogP contribution is -1.96. The molecule has 5 nitrogen and oxygen atoms in total. The van der Waals surface area contributed by atoms with Gasteiger partial charge in [0.2, 0.25) is 0 Å². The Morgan fingerprint density at radius 1 is 1.25 bits per heavy atom. The number of nitrogens with two attached hydrogens (primary N) is 1. The fourth-order valence-electron chi connectivity index (χ4n) is 1.56. The fraction of sp³-hybridized carbons (Fsp3) is 0.0769. The van der Waals surface area contributed by atoms with Gasteiger partial charge in [0, 0.05) is 18.7 Å². The summed E-state index contributed by atoms with van der Waals surface area (Å²) in [7, 11) is 0. The molecule has 0 radical (unpaired) electrons. The first-order valence-corrected chi connectivity index (χ1v) is 6.78. The number of nitro groups is 1. The Bertz CT molecular complexity index is 664. The quantitative estimate of drug-likeness (QED) is 0.655. The summed E-state index contributed by atoms with van der Waals surface area (Å²) in [5.74, 6) is 0.899. The minimum Gasteiger partial charge on any atom is -0.455 e. The predicted molar refractivity (Wildman–Crippen MR) is 80.2 cm³/mol. The second-order valence-electron chi connectivity index (χ2n) is 3.94. The Labute approximate surface area is 128 Å². The van der Waals surface area contributed by atoms with Crippen LogP contribution in [0.4, 0.5) is 5.69 Å². The average Bonchev–Trinajstić information content (AvgIpc) is 2.42. The molecule has 104 valence electrons. The Balaban J connectivity index is 2.28. The van der Waals surface area contributed by atoms with Gasteiger partial charge in [-0.15, -0.1) is 0 Å². The number of nitro benzene ring substituents is 1. The molecule has 0 saturated heterocycles. The van der Waals surface area contributed by atoms with Gasteiger partial charge in [0.05, 0.1) is 14.4 Å². The average molecular weight is 358 g/mol. The lowest BCUT2D eigenvalue weighted by Gasteiger charge is -2.10. The molecular formula is C13H10BrClN2O3. The summed E-state index contributed by atoms with van der Waals surface area (Å²) in [6.07, 6.45) is 0. The molecule has 0 saturated carbocycles. The number of benzene rings is 2. The van der Waals surface area contributed by atoms with E-state index in [1.165, 1.54) is 18.2 Å². The van der Waals surface area contributed by atoms with Gasteiger partial charge in [-0.25, -0.2) is 0 Å². The zero-order valence-electron chi connectivity index (χ0n) is 10.2. The SMILES string of the molecule is NCc1ccc(Oc2ccc([N+](=O)[O-])cc2Cl)c(Br)c1. The van der Waals surface area contributed by atoms with Crippen molar-refractivity contribution in [3.63, 3.8) is 0 Å². The molecule has 0 amide bonds. The van der Waals surface area contributed by atoms with Gasteiger partial charge in [-0.3, -0.25) is 10.1 Å². The minimum atomic E-state index is -0.512. The van der Waals surface area contributed by atoms with Gasteiger partial charge in [0.1, 0.15) is 11.5 Å². The van der Waals surface area contributed by atoms with Gasteiger partial charge >= 0.3 is 0 Å². The van der Waals surface area contributed by atoms with Gasteiger partial charge in [0.25, 0.3) is 5.69 Å². The number of rotatable bonds is 4. The topological polar surface area (TPSA) is 78.4 Å². The third-order valence-corrected chi connectivity index (χ3v) is 3.49. The molecule has 0 atom stereocenters. The molecular weight excluding hydrogens is 348 g/mol. The third-order valence-electron chi connectivity index (χ3n) is 2.58. The molecule has 0 heterocycles. The van der Waals surface area contributed by atoms with Crippen molar-refractivity contribution in [3.05, 3.63) is 61.6 Å². The lowest BCUT2D eigenvalue weighted by atomic mass is 10.2. The van der Waals surface area contributed by atoms with E-state index < -0.39 is 4.92 Å². The van der Waals surface area contributed by atoms with E-state index in [0.717, 1.165) is 10.0 Å². The maximum absolute atomic E-state index is 10.6. The molecule has 0 aliphatic rings. The van der Waals surface area contributed by atoms with Crippen LogP contribution in [0.1, 0.15) is 5.56 Å². The van der Waals surface area contributed by atoms with E-state index in [9.17, 15) is 10.1 Å². The standard InChI is InChI=1S/C13H10BrClN2O3/c14-10-5-8(7-16)1-3-12(10)20-13-4-2-9(17(18)19)6-11(13)15/h1-6H,7,16H2. The number of non-ortho nitro benzene ring substituents is 1. The summed E-state index contributed by atoms with van der Waals surface area (Å²) in [6.45, 7) is 0.428. The number of hydrogen-bond acceptors (Lipinski definition) is 4. The molecule has 7 heteroatoms. The smallest absolute Gasteiger partial charge is 0.271 e. The predicted octanol–water partition coefficient (Wildman–Crippen LogP) is 4.26. The summed E-state index contributed by atoms with van der Waals surface area (Å²) in [5.41, 5.74) is 6.42. The van der Waals surface area contributed by atoms with E-state index in [4.69, 9.17) is 22.1 Å². The molecule has 2 aromatic carbocycles. The zero-order chi connectivity index (χ0) is 14.7. The Morgan fingerprint density at radius 2 is 1.95 bits per heavy atom. The van der Waals surface area contributed by atoms with E-state index >= 15 is 0 Å².